The fourth-order valence-electron chi connectivity index (χ4n) is 1.67. The van der Waals surface area contributed by atoms with Gasteiger partial charge >= 0.3 is 0 Å². The minimum absolute atomic E-state index is 0.0180. The van der Waals surface area contributed by atoms with Crippen LogP contribution in [-0.2, 0) is 16.1 Å². The van der Waals surface area contributed by atoms with Gasteiger partial charge in [-0.25, -0.2) is 0 Å². The number of hydrogen-bond acceptors (Lipinski definition) is 4. The third kappa shape index (κ3) is 5.62. The lowest BCUT2D eigenvalue weighted by Crippen LogP contribution is -2.14. The molecule has 0 bridgehead atoms. The Balaban J connectivity index is 2.81. The zero-order chi connectivity index (χ0) is 14.8. The van der Waals surface area contributed by atoms with Crippen molar-refractivity contribution >= 4 is 0 Å². The molecule has 4 heteroatoms. The molecule has 110 valence electrons. The molecule has 0 saturated carbocycles. The third-order valence-electron chi connectivity index (χ3n) is 2.70. The van der Waals surface area contributed by atoms with Crippen molar-refractivity contribution in [1.82, 2.24) is 0 Å². The second kappa shape index (κ2) is 9.38. The molecule has 0 fully saturated rings. The predicted molar refractivity (Wildman–Crippen MR) is 77.7 cm³/mol. The van der Waals surface area contributed by atoms with Crippen molar-refractivity contribution in [2.75, 3.05) is 27.4 Å². The van der Waals surface area contributed by atoms with E-state index in [0.29, 0.717) is 19.6 Å². The van der Waals surface area contributed by atoms with Gasteiger partial charge < -0.3 is 19.3 Å². The second-order valence-electron chi connectivity index (χ2n) is 4.38. The highest BCUT2D eigenvalue weighted by atomic mass is 16.5. The van der Waals surface area contributed by atoms with Gasteiger partial charge in [0, 0.05) is 19.1 Å². The summed E-state index contributed by atoms with van der Waals surface area (Å²) in [5, 5.41) is 8.77. The van der Waals surface area contributed by atoms with Crippen LogP contribution < -0.4 is 4.74 Å². The lowest BCUT2D eigenvalue weighted by molar-refractivity contribution is -0.000242. The van der Waals surface area contributed by atoms with Crippen LogP contribution >= 0.6 is 0 Å². The van der Waals surface area contributed by atoms with Crippen molar-refractivity contribution in [1.29, 1.82) is 0 Å². The van der Waals surface area contributed by atoms with Crippen molar-refractivity contribution in [2.45, 2.75) is 26.1 Å². The fourth-order valence-corrected chi connectivity index (χ4v) is 1.67. The summed E-state index contributed by atoms with van der Waals surface area (Å²) in [5.74, 6) is 6.74. The molecule has 1 atom stereocenters. The molecule has 0 heterocycles. The van der Waals surface area contributed by atoms with E-state index in [1.165, 1.54) is 0 Å². The van der Waals surface area contributed by atoms with E-state index in [2.05, 4.69) is 11.8 Å². The van der Waals surface area contributed by atoms with Crippen LogP contribution in [0.25, 0.3) is 0 Å². The predicted octanol–water partition coefficient (Wildman–Crippen LogP) is 1.98. The maximum Gasteiger partial charge on any atom is 0.119 e. The Labute approximate surface area is 120 Å². The van der Waals surface area contributed by atoms with Crippen LogP contribution in [0.5, 0.6) is 5.75 Å². The minimum Gasteiger partial charge on any atom is -0.497 e. The SMILES string of the molecule is COCC(C)OCc1cc(OC)ccc1C#CCCO. The van der Waals surface area contributed by atoms with Crippen LogP contribution in [0.4, 0.5) is 0 Å². The summed E-state index contributed by atoms with van der Waals surface area (Å²) in [6, 6.07) is 5.69. The van der Waals surface area contributed by atoms with E-state index in [9.17, 15) is 0 Å². The molecule has 0 aliphatic heterocycles. The Morgan fingerprint density at radius 3 is 2.75 bits per heavy atom. The summed E-state index contributed by atoms with van der Waals surface area (Å²) in [5.41, 5.74) is 1.86. The first-order chi connectivity index (χ1) is 9.71. The number of methoxy groups -OCH3 is 2. The largest absolute Gasteiger partial charge is 0.497 e. The average Bonchev–Trinajstić information content (AvgIpc) is 2.46. The summed E-state index contributed by atoms with van der Waals surface area (Å²) in [6.07, 6.45) is 0.483. The number of benzene rings is 1. The molecule has 1 unspecified atom stereocenters. The smallest absolute Gasteiger partial charge is 0.119 e. The molecule has 0 aliphatic carbocycles. The van der Waals surface area contributed by atoms with Crippen molar-refractivity contribution in [2.24, 2.45) is 0 Å². The molecule has 1 N–H and O–H groups in total. The first-order valence-electron chi connectivity index (χ1n) is 6.58. The van der Waals surface area contributed by atoms with Gasteiger partial charge in [-0.3, -0.25) is 0 Å². The number of aliphatic hydroxyl groups is 1. The summed E-state index contributed by atoms with van der Waals surface area (Å²) >= 11 is 0. The summed E-state index contributed by atoms with van der Waals surface area (Å²) in [7, 11) is 3.28. The molecule has 0 aliphatic rings. The quantitative estimate of drug-likeness (QED) is 0.775. The zero-order valence-electron chi connectivity index (χ0n) is 12.3. The van der Waals surface area contributed by atoms with Crippen molar-refractivity contribution in [3.05, 3.63) is 29.3 Å². The maximum absolute atomic E-state index is 8.77. The third-order valence-corrected chi connectivity index (χ3v) is 2.70. The topological polar surface area (TPSA) is 47.9 Å². The summed E-state index contributed by atoms with van der Waals surface area (Å²) in [4.78, 5) is 0. The van der Waals surface area contributed by atoms with Gasteiger partial charge in [0.1, 0.15) is 5.75 Å². The lowest BCUT2D eigenvalue weighted by Gasteiger charge is -2.13. The van der Waals surface area contributed by atoms with Gasteiger partial charge in [0.15, 0.2) is 0 Å². The molecule has 0 radical (unpaired) electrons. The first-order valence-corrected chi connectivity index (χ1v) is 6.58. The highest BCUT2D eigenvalue weighted by Gasteiger charge is 2.06. The Morgan fingerprint density at radius 1 is 1.30 bits per heavy atom. The average molecular weight is 278 g/mol. The molecular formula is C16H22O4. The standard InChI is InChI=1S/C16H22O4/c1-13(11-18-2)20-12-15-10-16(19-3)8-7-14(15)6-4-5-9-17/h7-8,10,13,17H,5,9,11-12H2,1-3H3. The lowest BCUT2D eigenvalue weighted by atomic mass is 10.1. The van der Waals surface area contributed by atoms with Crippen molar-refractivity contribution < 1.29 is 19.3 Å². The molecular weight excluding hydrogens is 256 g/mol. The Morgan fingerprint density at radius 2 is 2.10 bits per heavy atom. The summed E-state index contributed by atoms with van der Waals surface area (Å²) in [6.45, 7) is 3.03. The van der Waals surface area contributed by atoms with Gasteiger partial charge in [0.2, 0.25) is 0 Å². The molecule has 0 amide bonds. The van der Waals surface area contributed by atoms with E-state index < -0.39 is 0 Å². The zero-order valence-corrected chi connectivity index (χ0v) is 12.3. The Bertz CT molecular complexity index is 459. The van der Waals surface area contributed by atoms with E-state index in [1.807, 2.05) is 25.1 Å². The van der Waals surface area contributed by atoms with E-state index >= 15 is 0 Å². The van der Waals surface area contributed by atoms with Gasteiger partial charge in [-0.15, -0.1) is 0 Å². The van der Waals surface area contributed by atoms with Crippen molar-refractivity contribution in [3.63, 3.8) is 0 Å². The number of hydrogen-bond donors (Lipinski definition) is 1. The minimum atomic E-state index is 0.0180. The van der Waals surface area contributed by atoms with Crippen molar-refractivity contribution in [3.8, 4) is 17.6 Å². The van der Waals surface area contributed by atoms with E-state index in [1.54, 1.807) is 14.2 Å². The molecule has 0 spiro atoms. The monoisotopic (exact) mass is 278 g/mol. The number of ether oxygens (including phenoxy) is 3. The van der Waals surface area contributed by atoms with Crippen LogP contribution in [0, 0.1) is 11.8 Å². The normalized spacial score (nSPS) is 11.6. The van der Waals surface area contributed by atoms with Gasteiger partial charge in [-0.1, -0.05) is 11.8 Å². The Hall–Kier alpha value is -1.54. The highest BCUT2D eigenvalue weighted by molar-refractivity contribution is 5.45. The molecule has 0 aromatic heterocycles. The van der Waals surface area contributed by atoms with E-state index in [4.69, 9.17) is 19.3 Å². The van der Waals surface area contributed by atoms with Crippen LogP contribution in [0.3, 0.4) is 0 Å². The first kappa shape index (κ1) is 16.5. The van der Waals surface area contributed by atoms with Crippen LogP contribution in [0.1, 0.15) is 24.5 Å². The van der Waals surface area contributed by atoms with Crippen LogP contribution in [-0.4, -0.2) is 38.6 Å². The maximum atomic E-state index is 8.77. The molecule has 20 heavy (non-hydrogen) atoms. The number of aliphatic hydroxyl groups excluding tert-OH is 1. The molecule has 0 saturated heterocycles. The van der Waals surface area contributed by atoms with Crippen LogP contribution in [0.15, 0.2) is 18.2 Å². The van der Waals surface area contributed by atoms with Crippen LogP contribution in [0.2, 0.25) is 0 Å². The second-order valence-corrected chi connectivity index (χ2v) is 4.38. The molecule has 4 nitrogen and oxygen atoms in total. The highest BCUT2D eigenvalue weighted by Crippen LogP contribution is 2.18. The molecule has 1 rings (SSSR count). The fraction of sp³-hybridized carbons (Fsp3) is 0.500. The summed E-state index contributed by atoms with van der Waals surface area (Å²) < 4.78 is 16.0. The number of rotatable bonds is 7. The van der Waals surface area contributed by atoms with Gasteiger partial charge in [0.05, 0.1) is 33.0 Å². The van der Waals surface area contributed by atoms with Gasteiger partial charge in [-0.05, 0) is 30.7 Å². The van der Waals surface area contributed by atoms with E-state index in [0.717, 1.165) is 16.9 Å². The van der Waals surface area contributed by atoms with Gasteiger partial charge in [0.25, 0.3) is 0 Å². The molecule has 1 aromatic rings. The van der Waals surface area contributed by atoms with Gasteiger partial charge in [-0.2, -0.15) is 0 Å². The molecule has 1 aromatic carbocycles. The Kier molecular flexibility index (Phi) is 7.74. The van der Waals surface area contributed by atoms with E-state index in [-0.39, 0.29) is 12.7 Å².